The van der Waals surface area contributed by atoms with Crippen molar-refractivity contribution >= 4 is 0 Å². The van der Waals surface area contributed by atoms with Gasteiger partial charge in [0.25, 0.3) is 0 Å². The van der Waals surface area contributed by atoms with Crippen molar-refractivity contribution in [2.24, 2.45) is 0 Å². The van der Waals surface area contributed by atoms with E-state index in [0.29, 0.717) is 17.9 Å². The van der Waals surface area contributed by atoms with Gasteiger partial charge >= 0.3 is 0 Å². The average Bonchev–Trinajstić information content (AvgIpc) is 2.56. The van der Waals surface area contributed by atoms with E-state index in [1.807, 2.05) is 42.5 Å². The van der Waals surface area contributed by atoms with Crippen molar-refractivity contribution in [1.29, 1.82) is 5.26 Å². The smallest absolute Gasteiger partial charge is 0.136 e. The summed E-state index contributed by atoms with van der Waals surface area (Å²) < 4.78 is 5.19. The van der Waals surface area contributed by atoms with Crippen LogP contribution < -0.4 is 10.1 Å². The molecule has 4 nitrogen and oxygen atoms in total. The molecule has 0 saturated carbocycles. The topological polar surface area (TPSA) is 65.3 Å². The quantitative estimate of drug-likeness (QED) is 0.854. The highest BCUT2D eigenvalue weighted by Gasteiger charge is 2.10. The largest absolute Gasteiger partial charge is 0.495 e. The van der Waals surface area contributed by atoms with Gasteiger partial charge < -0.3 is 15.2 Å². The zero-order valence-electron chi connectivity index (χ0n) is 11.9. The van der Waals surface area contributed by atoms with Gasteiger partial charge in [-0.3, -0.25) is 0 Å². The van der Waals surface area contributed by atoms with Crippen molar-refractivity contribution in [3.8, 4) is 11.8 Å². The van der Waals surface area contributed by atoms with Crippen molar-refractivity contribution < 1.29 is 9.84 Å². The molecule has 0 bridgehead atoms. The minimum Gasteiger partial charge on any atom is -0.495 e. The van der Waals surface area contributed by atoms with Crippen molar-refractivity contribution in [2.45, 2.75) is 12.6 Å². The Kier molecular flexibility index (Phi) is 5.33. The van der Waals surface area contributed by atoms with E-state index >= 15 is 0 Å². The van der Waals surface area contributed by atoms with Gasteiger partial charge in [-0.2, -0.15) is 5.26 Å². The zero-order valence-corrected chi connectivity index (χ0v) is 11.9. The monoisotopic (exact) mass is 282 g/mol. The van der Waals surface area contributed by atoms with Crippen LogP contribution in [-0.4, -0.2) is 18.8 Å². The van der Waals surface area contributed by atoms with Crippen LogP contribution >= 0.6 is 0 Å². The van der Waals surface area contributed by atoms with Crippen LogP contribution in [0.1, 0.15) is 22.7 Å². The van der Waals surface area contributed by atoms with Gasteiger partial charge in [0.1, 0.15) is 11.8 Å². The first kappa shape index (κ1) is 15.0. The summed E-state index contributed by atoms with van der Waals surface area (Å²) in [5, 5.41) is 21.8. The first-order valence-corrected chi connectivity index (χ1v) is 6.74. The van der Waals surface area contributed by atoms with Crippen LogP contribution in [0.3, 0.4) is 0 Å². The third-order valence-corrected chi connectivity index (χ3v) is 3.32. The summed E-state index contributed by atoms with van der Waals surface area (Å²) in [6.45, 7) is 0.611. The lowest BCUT2D eigenvalue weighted by molar-refractivity contribution is 0.243. The summed E-state index contributed by atoms with van der Waals surface area (Å²) in [7, 11) is 1.55. The maximum atomic E-state index is 9.51. The lowest BCUT2D eigenvalue weighted by atomic mass is 10.1. The molecule has 0 aliphatic heterocycles. The van der Waals surface area contributed by atoms with E-state index in [-0.39, 0.29) is 12.6 Å². The number of aliphatic hydroxyl groups excluding tert-OH is 1. The third kappa shape index (κ3) is 3.82. The van der Waals surface area contributed by atoms with Crippen LogP contribution in [0.5, 0.6) is 5.75 Å². The Morgan fingerprint density at radius 2 is 2.00 bits per heavy atom. The summed E-state index contributed by atoms with van der Waals surface area (Å²) in [5.41, 5.74) is 2.56. The predicted octanol–water partition coefficient (Wildman–Crippen LogP) is 2.39. The second-order valence-corrected chi connectivity index (χ2v) is 4.67. The SMILES string of the molecule is COc1cc(CNC(CO)c2ccccc2)ccc1C#N. The maximum Gasteiger partial charge on any atom is 0.136 e. The molecule has 0 aliphatic rings. The Morgan fingerprint density at radius 1 is 1.24 bits per heavy atom. The highest BCUT2D eigenvalue weighted by atomic mass is 16.5. The van der Waals surface area contributed by atoms with Gasteiger partial charge in [-0.05, 0) is 23.3 Å². The molecule has 0 aromatic heterocycles. The number of hydrogen-bond acceptors (Lipinski definition) is 4. The average molecular weight is 282 g/mol. The summed E-state index contributed by atoms with van der Waals surface area (Å²) in [4.78, 5) is 0. The van der Waals surface area contributed by atoms with Crippen molar-refractivity contribution in [1.82, 2.24) is 5.32 Å². The highest BCUT2D eigenvalue weighted by Crippen LogP contribution is 2.20. The Balaban J connectivity index is 2.07. The number of nitrogens with one attached hydrogen (secondary N) is 1. The third-order valence-electron chi connectivity index (χ3n) is 3.32. The van der Waals surface area contributed by atoms with E-state index in [4.69, 9.17) is 10.00 Å². The van der Waals surface area contributed by atoms with Crippen LogP contribution in [0.25, 0.3) is 0 Å². The molecule has 0 amide bonds. The molecule has 2 aromatic carbocycles. The Bertz CT molecular complexity index is 620. The molecule has 0 fully saturated rings. The van der Waals surface area contributed by atoms with E-state index in [9.17, 15) is 5.11 Å². The van der Waals surface area contributed by atoms with Gasteiger partial charge in [-0.25, -0.2) is 0 Å². The number of hydrogen-bond donors (Lipinski definition) is 2. The molecule has 4 heteroatoms. The number of benzene rings is 2. The molecule has 0 radical (unpaired) electrons. The van der Waals surface area contributed by atoms with Gasteiger partial charge in [-0.1, -0.05) is 36.4 Å². The summed E-state index contributed by atoms with van der Waals surface area (Å²) in [5.74, 6) is 0.567. The first-order chi connectivity index (χ1) is 10.3. The van der Waals surface area contributed by atoms with Crippen LogP contribution in [0.4, 0.5) is 0 Å². The van der Waals surface area contributed by atoms with E-state index in [0.717, 1.165) is 11.1 Å². The summed E-state index contributed by atoms with van der Waals surface area (Å²) in [6, 6.07) is 17.2. The number of nitriles is 1. The molecule has 2 rings (SSSR count). The Morgan fingerprint density at radius 3 is 2.62 bits per heavy atom. The second-order valence-electron chi connectivity index (χ2n) is 4.67. The zero-order chi connectivity index (χ0) is 15.1. The molecule has 108 valence electrons. The molecular formula is C17H18N2O2. The molecule has 0 heterocycles. The molecule has 2 N–H and O–H groups in total. The van der Waals surface area contributed by atoms with E-state index < -0.39 is 0 Å². The fourth-order valence-corrected chi connectivity index (χ4v) is 2.15. The summed E-state index contributed by atoms with van der Waals surface area (Å²) in [6.07, 6.45) is 0. The minimum absolute atomic E-state index is 0.0252. The molecule has 2 aromatic rings. The number of methoxy groups -OCH3 is 1. The number of ether oxygens (including phenoxy) is 1. The van der Waals surface area contributed by atoms with Crippen LogP contribution in [0.15, 0.2) is 48.5 Å². The van der Waals surface area contributed by atoms with Crippen molar-refractivity contribution in [3.05, 3.63) is 65.2 Å². The summed E-state index contributed by atoms with van der Waals surface area (Å²) >= 11 is 0. The van der Waals surface area contributed by atoms with Crippen LogP contribution in [0, 0.1) is 11.3 Å². The van der Waals surface area contributed by atoms with Crippen molar-refractivity contribution in [2.75, 3.05) is 13.7 Å². The molecular weight excluding hydrogens is 264 g/mol. The number of aliphatic hydroxyl groups is 1. The van der Waals surface area contributed by atoms with E-state index in [1.54, 1.807) is 13.2 Å². The van der Waals surface area contributed by atoms with Crippen molar-refractivity contribution in [3.63, 3.8) is 0 Å². The highest BCUT2D eigenvalue weighted by molar-refractivity contribution is 5.45. The van der Waals surface area contributed by atoms with E-state index in [1.165, 1.54) is 0 Å². The molecule has 0 aliphatic carbocycles. The van der Waals surface area contributed by atoms with Crippen LogP contribution in [-0.2, 0) is 6.54 Å². The lowest BCUT2D eigenvalue weighted by Crippen LogP contribution is -2.23. The first-order valence-electron chi connectivity index (χ1n) is 6.74. The molecule has 0 spiro atoms. The standard InChI is InChI=1S/C17H18N2O2/c1-21-17-9-13(7-8-15(17)10-18)11-19-16(12-20)14-5-3-2-4-6-14/h2-9,16,19-20H,11-12H2,1H3. The fourth-order valence-electron chi connectivity index (χ4n) is 2.15. The van der Waals surface area contributed by atoms with Gasteiger partial charge in [0.15, 0.2) is 0 Å². The molecule has 1 atom stereocenters. The Labute approximate surface area is 124 Å². The lowest BCUT2D eigenvalue weighted by Gasteiger charge is -2.17. The molecule has 1 unspecified atom stereocenters. The van der Waals surface area contributed by atoms with Gasteiger partial charge in [0.05, 0.1) is 25.3 Å². The van der Waals surface area contributed by atoms with Gasteiger partial charge in [0, 0.05) is 6.54 Å². The minimum atomic E-state index is -0.118. The second kappa shape index (κ2) is 7.44. The number of nitrogens with zero attached hydrogens (tertiary/aromatic N) is 1. The number of rotatable bonds is 6. The molecule has 0 saturated heterocycles. The maximum absolute atomic E-state index is 9.51. The van der Waals surface area contributed by atoms with Crippen LogP contribution in [0.2, 0.25) is 0 Å². The fraction of sp³-hybridized carbons (Fsp3) is 0.235. The van der Waals surface area contributed by atoms with E-state index in [2.05, 4.69) is 11.4 Å². The predicted molar refractivity (Wildman–Crippen MR) is 80.8 cm³/mol. The molecule has 21 heavy (non-hydrogen) atoms. The Hall–Kier alpha value is -2.35. The normalized spacial score (nSPS) is 11.7. The van der Waals surface area contributed by atoms with Gasteiger partial charge in [-0.15, -0.1) is 0 Å². The van der Waals surface area contributed by atoms with Gasteiger partial charge in [0.2, 0.25) is 0 Å².